The number of hydrogen-bond acceptors (Lipinski definition) is 8. The molecule has 0 bridgehead atoms. The minimum Gasteiger partial charge on any atom is -0.496 e. The van der Waals surface area contributed by atoms with E-state index in [9.17, 15) is 25.0 Å². The Morgan fingerprint density at radius 3 is 2.60 bits per heavy atom. The summed E-state index contributed by atoms with van der Waals surface area (Å²) < 4.78 is 7.91. The lowest BCUT2D eigenvalue weighted by Crippen LogP contribution is -2.04. The second kappa shape index (κ2) is 8.34. The van der Waals surface area contributed by atoms with Gasteiger partial charge in [0.2, 0.25) is 11.5 Å². The van der Waals surface area contributed by atoms with E-state index >= 15 is 0 Å². The molecular formula is C18H16N6O6. The number of rotatable bonds is 8. The predicted molar refractivity (Wildman–Crippen MR) is 104 cm³/mol. The summed E-state index contributed by atoms with van der Waals surface area (Å²) >= 11 is 0. The number of nitrogens with zero attached hydrogens (tertiary/aromatic N) is 6. The lowest BCUT2D eigenvalue weighted by molar-refractivity contribution is -0.389. The zero-order valence-corrected chi connectivity index (χ0v) is 16.0. The number of hydrogen-bond donors (Lipinski definition) is 0. The van der Waals surface area contributed by atoms with Crippen molar-refractivity contribution in [3.63, 3.8) is 0 Å². The van der Waals surface area contributed by atoms with Gasteiger partial charge in [-0.1, -0.05) is 12.1 Å². The predicted octanol–water partition coefficient (Wildman–Crippen LogP) is 2.39. The molecule has 0 aliphatic heterocycles. The van der Waals surface area contributed by atoms with Crippen LogP contribution in [0, 0.1) is 20.2 Å². The van der Waals surface area contributed by atoms with E-state index in [2.05, 4.69) is 10.2 Å². The van der Waals surface area contributed by atoms with Crippen molar-refractivity contribution in [2.24, 2.45) is 7.05 Å². The number of carbonyl (C=O) groups excluding carboxylic acids is 1. The molecule has 0 fully saturated rings. The van der Waals surface area contributed by atoms with Crippen LogP contribution in [0.2, 0.25) is 0 Å². The maximum absolute atomic E-state index is 12.4. The topological polar surface area (TPSA) is 148 Å². The van der Waals surface area contributed by atoms with Crippen LogP contribution < -0.4 is 4.74 Å². The molecule has 0 radical (unpaired) electrons. The van der Waals surface area contributed by atoms with Gasteiger partial charge in [-0.3, -0.25) is 19.6 Å². The molecule has 1 aromatic carbocycles. The average molecular weight is 412 g/mol. The SMILES string of the molecule is COc1ccc(/C=C/C(=O)c2nn(C)cc2[N+](=O)[O-])cc1Cn1ccc([N+](=O)[O-])n1. The number of carbonyl (C=O) groups is 1. The molecule has 0 aliphatic rings. The summed E-state index contributed by atoms with van der Waals surface area (Å²) in [5, 5.41) is 29.6. The van der Waals surface area contributed by atoms with Gasteiger partial charge in [0.1, 0.15) is 11.9 Å². The summed E-state index contributed by atoms with van der Waals surface area (Å²) in [5.41, 5.74) is 0.674. The standard InChI is InChI=1S/C18H16N6O6/c1-21-11-14(23(26)27)18(20-21)15(25)5-3-12-4-6-16(30-2)13(9-12)10-22-8-7-17(19-22)24(28)29/h3-9,11H,10H2,1-2H3/b5-3+. The Morgan fingerprint density at radius 2 is 1.97 bits per heavy atom. The molecule has 0 saturated heterocycles. The Labute approximate surface area is 169 Å². The number of ether oxygens (including phenoxy) is 1. The number of nitro groups is 2. The molecule has 30 heavy (non-hydrogen) atoms. The maximum Gasteiger partial charge on any atom is 0.389 e. The number of aromatic nitrogens is 4. The highest BCUT2D eigenvalue weighted by Crippen LogP contribution is 2.23. The zero-order chi connectivity index (χ0) is 21.8. The zero-order valence-electron chi connectivity index (χ0n) is 16.0. The van der Waals surface area contributed by atoms with Crippen LogP contribution >= 0.6 is 0 Å². The van der Waals surface area contributed by atoms with Gasteiger partial charge < -0.3 is 14.9 Å². The molecule has 12 nitrogen and oxygen atoms in total. The Morgan fingerprint density at radius 1 is 1.20 bits per heavy atom. The summed E-state index contributed by atoms with van der Waals surface area (Å²) in [6.45, 7) is 0.207. The van der Waals surface area contributed by atoms with E-state index in [0.29, 0.717) is 16.9 Å². The van der Waals surface area contributed by atoms with Crippen LogP contribution in [0.25, 0.3) is 6.08 Å². The first-order valence-electron chi connectivity index (χ1n) is 8.53. The quantitative estimate of drug-likeness (QED) is 0.237. The molecule has 0 spiro atoms. The van der Waals surface area contributed by atoms with Gasteiger partial charge in [0, 0.05) is 12.6 Å². The summed E-state index contributed by atoms with van der Waals surface area (Å²) in [6, 6.07) is 6.39. The van der Waals surface area contributed by atoms with Gasteiger partial charge in [-0.15, -0.1) is 0 Å². The highest BCUT2D eigenvalue weighted by molar-refractivity contribution is 6.07. The second-order valence-corrected chi connectivity index (χ2v) is 6.19. The summed E-state index contributed by atoms with van der Waals surface area (Å²) in [4.78, 5) is 33.0. The van der Waals surface area contributed by atoms with Gasteiger partial charge >= 0.3 is 11.5 Å². The minimum absolute atomic E-state index is 0.207. The van der Waals surface area contributed by atoms with Crippen molar-refractivity contribution >= 4 is 23.4 Å². The van der Waals surface area contributed by atoms with E-state index in [0.717, 1.165) is 6.20 Å². The van der Waals surface area contributed by atoms with Gasteiger partial charge in [0.15, 0.2) is 0 Å². The van der Waals surface area contributed by atoms with Crippen LogP contribution in [0.15, 0.2) is 42.7 Å². The molecule has 0 amide bonds. The van der Waals surface area contributed by atoms with E-state index in [1.807, 2.05) is 0 Å². The van der Waals surface area contributed by atoms with Crippen molar-refractivity contribution in [2.75, 3.05) is 7.11 Å². The second-order valence-electron chi connectivity index (χ2n) is 6.19. The number of benzene rings is 1. The van der Waals surface area contributed by atoms with Crippen molar-refractivity contribution in [3.05, 3.63) is 79.8 Å². The van der Waals surface area contributed by atoms with Crippen LogP contribution in [0.5, 0.6) is 5.75 Å². The van der Waals surface area contributed by atoms with Gasteiger partial charge in [0.05, 0.1) is 35.9 Å². The molecule has 12 heteroatoms. The Balaban J connectivity index is 1.84. The maximum atomic E-state index is 12.4. The average Bonchev–Trinajstić information content (AvgIpc) is 3.33. The van der Waals surface area contributed by atoms with E-state index in [1.54, 1.807) is 18.2 Å². The molecule has 0 saturated carbocycles. The lowest BCUT2D eigenvalue weighted by atomic mass is 10.1. The van der Waals surface area contributed by atoms with E-state index in [1.165, 1.54) is 47.9 Å². The highest BCUT2D eigenvalue weighted by Gasteiger charge is 2.23. The van der Waals surface area contributed by atoms with Gasteiger partial charge in [-0.25, -0.2) is 0 Å². The molecule has 3 aromatic rings. The number of allylic oxidation sites excluding steroid dienone is 1. The first-order valence-corrected chi connectivity index (χ1v) is 8.53. The van der Waals surface area contributed by atoms with Crippen molar-refractivity contribution in [2.45, 2.75) is 6.54 Å². The van der Waals surface area contributed by atoms with Crippen molar-refractivity contribution < 1.29 is 19.4 Å². The van der Waals surface area contributed by atoms with Crippen LogP contribution in [0.1, 0.15) is 21.6 Å². The third-order valence-electron chi connectivity index (χ3n) is 4.12. The van der Waals surface area contributed by atoms with Crippen molar-refractivity contribution in [1.82, 2.24) is 19.6 Å². The third kappa shape index (κ3) is 4.38. The fourth-order valence-corrected chi connectivity index (χ4v) is 2.77. The summed E-state index contributed by atoms with van der Waals surface area (Å²) in [6.07, 6.45) is 5.33. The smallest absolute Gasteiger partial charge is 0.389 e. The fourth-order valence-electron chi connectivity index (χ4n) is 2.77. The monoisotopic (exact) mass is 412 g/mol. The molecular weight excluding hydrogens is 396 g/mol. The van der Waals surface area contributed by atoms with Gasteiger partial charge in [-0.05, 0) is 28.7 Å². The van der Waals surface area contributed by atoms with Crippen molar-refractivity contribution in [3.8, 4) is 5.75 Å². The minimum atomic E-state index is -0.664. The highest BCUT2D eigenvalue weighted by atomic mass is 16.6. The molecule has 0 atom stereocenters. The molecule has 3 rings (SSSR count). The molecule has 154 valence electrons. The third-order valence-corrected chi connectivity index (χ3v) is 4.12. The first kappa shape index (κ1) is 20.4. The Kier molecular flexibility index (Phi) is 5.67. The van der Waals surface area contributed by atoms with Crippen molar-refractivity contribution in [1.29, 1.82) is 0 Å². The van der Waals surface area contributed by atoms with E-state index < -0.39 is 15.6 Å². The van der Waals surface area contributed by atoms with E-state index in [-0.39, 0.29) is 23.7 Å². The first-order chi connectivity index (χ1) is 14.3. The molecule has 2 aromatic heterocycles. The van der Waals surface area contributed by atoms with Crippen LogP contribution in [0.3, 0.4) is 0 Å². The lowest BCUT2D eigenvalue weighted by Gasteiger charge is -2.08. The number of aryl methyl sites for hydroxylation is 1. The largest absolute Gasteiger partial charge is 0.496 e. The number of methoxy groups -OCH3 is 1. The van der Waals surface area contributed by atoms with Crippen LogP contribution in [-0.2, 0) is 13.6 Å². The molecule has 2 heterocycles. The normalized spacial score (nSPS) is 11.0. The molecule has 0 N–H and O–H groups in total. The van der Waals surface area contributed by atoms with Gasteiger partial charge in [0.25, 0.3) is 0 Å². The Bertz CT molecular complexity index is 1160. The Hall–Kier alpha value is -4.35. The van der Waals surface area contributed by atoms with Crippen LogP contribution in [-0.4, -0.2) is 42.3 Å². The number of ketones is 1. The molecule has 0 aliphatic carbocycles. The fraction of sp³-hybridized carbons (Fsp3) is 0.167. The molecule has 0 unspecified atom stereocenters. The van der Waals surface area contributed by atoms with E-state index in [4.69, 9.17) is 4.74 Å². The summed E-state index contributed by atoms with van der Waals surface area (Å²) in [5.74, 6) is -0.341. The van der Waals surface area contributed by atoms with Crippen LogP contribution in [0.4, 0.5) is 11.5 Å². The van der Waals surface area contributed by atoms with Gasteiger partial charge in [-0.2, -0.15) is 9.78 Å². The summed E-state index contributed by atoms with van der Waals surface area (Å²) in [7, 11) is 2.98.